The molecule has 0 amide bonds. The SMILES string of the molecule is C[n+]1nnn2cccnc21.[O-][Cl+3]([O-])([O-])[O-]. The van der Waals surface area contributed by atoms with Crippen molar-refractivity contribution in [2.45, 2.75) is 0 Å². The summed E-state index contributed by atoms with van der Waals surface area (Å²) in [5, 5.41) is 7.55. The maximum absolute atomic E-state index is 8.49. The number of aryl methyl sites for hydroxylation is 1. The molecule has 0 radical (unpaired) electrons. The van der Waals surface area contributed by atoms with Crippen molar-refractivity contribution in [2.24, 2.45) is 7.05 Å². The molecule has 0 aliphatic heterocycles. The highest BCUT2D eigenvalue weighted by Gasteiger charge is 2.06. The first-order valence-electron chi connectivity index (χ1n) is 3.52. The van der Waals surface area contributed by atoms with Gasteiger partial charge >= 0.3 is 5.78 Å². The van der Waals surface area contributed by atoms with E-state index in [0.29, 0.717) is 0 Å². The molecule has 0 aliphatic rings. The van der Waals surface area contributed by atoms with Crippen molar-refractivity contribution >= 4 is 5.78 Å². The van der Waals surface area contributed by atoms with Crippen LogP contribution in [0.15, 0.2) is 18.5 Å². The van der Waals surface area contributed by atoms with Crippen LogP contribution in [-0.2, 0) is 7.05 Å². The summed E-state index contributed by atoms with van der Waals surface area (Å²) < 4.78 is 37.2. The van der Waals surface area contributed by atoms with E-state index < -0.39 is 10.2 Å². The first kappa shape index (κ1) is 11.7. The monoisotopic (exact) mass is 235 g/mol. The maximum Gasteiger partial charge on any atom is 0.406 e. The molecule has 82 valence electrons. The van der Waals surface area contributed by atoms with Gasteiger partial charge in [-0.15, -0.1) is 19.9 Å². The van der Waals surface area contributed by atoms with Crippen LogP contribution in [0.1, 0.15) is 0 Å². The van der Waals surface area contributed by atoms with Gasteiger partial charge in [0.15, 0.2) is 0 Å². The molecule has 0 bridgehead atoms. The van der Waals surface area contributed by atoms with Crippen LogP contribution in [-0.4, -0.2) is 19.9 Å². The Labute approximate surface area is 85.6 Å². The van der Waals surface area contributed by atoms with Crippen molar-refractivity contribution < 1.29 is 33.6 Å². The van der Waals surface area contributed by atoms with Gasteiger partial charge in [0.25, 0.3) is 0 Å². The summed E-state index contributed by atoms with van der Waals surface area (Å²) in [6.07, 6.45) is 3.51. The second kappa shape index (κ2) is 4.42. The van der Waals surface area contributed by atoms with E-state index in [1.54, 1.807) is 28.6 Å². The van der Waals surface area contributed by atoms with Gasteiger partial charge < -0.3 is 0 Å². The van der Waals surface area contributed by atoms with E-state index in [1.807, 2.05) is 6.07 Å². The molecule has 0 aromatic carbocycles. The lowest BCUT2D eigenvalue weighted by Gasteiger charge is -2.17. The number of halogens is 1. The highest BCUT2D eigenvalue weighted by Crippen LogP contribution is 1.83. The summed E-state index contributed by atoms with van der Waals surface area (Å²) in [7, 11) is -3.14. The molecular weight excluding hydrogens is 230 g/mol. The van der Waals surface area contributed by atoms with Gasteiger partial charge in [0.05, 0.1) is 24.7 Å². The van der Waals surface area contributed by atoms with Crippen LogP contribution in [0.5, 0.6) is 0 Å². The minimum atomic E-state index is -4.94. The third-order valence-electron chi connectivity index (χ3n) is 1.27. The highest BCUT2D eigenvalue weighted by molar-refractivity contribution is 5.13. The van der Waals surface area contributed by atoms with Crippen LogP contribution in [0.4, 0.5) is 0 Å². The van der Waals surface area contributed by atoms with Crippen LogP contribution in [0, 0.1) is 10.2 Å². The Hall–Kier alpha value is -1.39. The summed E-state index contributed by atoms with van der Waals surface area (Å²) in [6.45, 7) is 0. The second-order valence-electron chi connectivity index (χ2n) is 2.34. The van der Waals surface area contributed by atoms with E-state index in [9.17, 15) is 0 Å². The molecule has 0 atom stereocenters. The van der Waals surface area contributed by atoms with E-state index in [1.165, 1.54) is 0 Å². The molecule has 0 N–H and O–H groups in total. The number of nitrogens with zero attached hydrogens (tertiary/aromatic N) is 5. The van der Waals surface area contributed by atoms with Crippen molar-refractivity contribution in [1.29, 1.82) is 0 Å². The van der Waals surface area contributed by atoms with Gasteiger partial charge in [-0.25, -0.2) is 18.6 Å². The van der Waals surface area contributed by atoms with E-state index in [0.717, 1.165) is 5.78 Å². The fourth-order valence-electron chi connectivity index (χ4n) is 0.800. The molecule has 0 aliphatic carbocycles. The van der Waals surface area contributed by atoms with Crippen molar-refractivity contribution in [3.05, 3.63) is 18.5 Å². The molecule has 0 unspecified atom stereocenters. The highest BCUT2D eigenvalue weighted by atomic mass is 35.7. The normalized spacial score (nSPS) is 11.0. The molecule has 2 rings (SSSR count). The Kier molecular flexibility index (Phi) is 3.44. The van der Waals surface area contributed by atoms with Crippen molar-refractivity contribution in [3.8, 4) is 0 Å². The zero-order valence-electron chi connectivity index (χ0n) is 7.48. The standard InChI is InChI=1S/C5H6N5.ClHO4/c1-9-5-6-3-2-4-10(5)8-7-9;2-1(3,4)5/h2-4H,1H3;(H,2,3,4,5)/q+1;/p-1. The molecule has 2 aromatic heterocycles. The van der Waals surface area contributed by atoms with Gasteiger partial charge in [0.2, 0.25) is 0 Å². The summed E-state index contributed by atoms with van der Waals surface area (Å²) in [6, 6.07) is 1.81. The average molecular weight is 236 g/mol. The fourth-order valence-corrected chi connectivity index (χ4v) is 0.800. The predicted molar refractivity (Wildman–Crippen MR) is 32.0 cm³/mol. The summed E-state index contributed by atoms with van der Waals surface area (Å²) in [5.41, 5.74) is 0. The van der Waals surface area contributed by atoms with E-state index in [-0.39, 0.29) is 0 Å². The number of rotatable bonds is 0. The molecule has 0 fully saturated rings. The van der Waals surface area contributed by atoms with Crippen molar-refractivity contribution in [3.63, 3.8) is 0 Å². The Bertz CT molecular complexity index is 434. The fraction of sp³-hybridized carbons (Fsp3) is 0.200. The van der Waals surface area contributed by atoms with Crippen LogP contribution in [0.3, 0.4) is 0 Å². The Morgan fingerprint density at radius 2 is 1.93 bits per heavy atom. The zero-order valence-corrected chi connectivity index (χ0v) is 8.24. The summed E-state index contributed by atoms with van der Waals surface area (Å²) >= 11 is 0. The first-order valence-corrected chi connectivity index (χ1v) is 4.75. The number of tetrazole rings is 1. The van der Waals surface area contributed by atoms with Crippen molar-refractivity contribution in [2.75, 3.05) is 0 Å². The second-order valence-corrected chi connectivity index (χ2v) is 3.10. The summed E-state index contributed by atoms with van der Waals surface area (Å²) in [5.74, 6) is 0.738. The topological polar surface area (TPSA) is 139 Å². The zero-order chi connectivity index (χ0) is 11.5. The Balaban J connectivity index is 0.000000195. The van der Waals surface area contributed by atoms with Crippen LogP contribution in [0.25, 0.3) is 5.78 Å². The van der Waals surface area contributed by atoms with Gasteiger partial charge in [-0.3, -0.25) is 0 Å². The molecule has 9 nitrogen and oxygen atoms in total. The van der Waals surface area contributed by atoms with Crippen LogP contribution in [0.2, 0.25) is 0 Å². The molecule has 15 heavy (non-hydrogen) atoms. The predicted octanol–water partition coefficient (Wildman–Crippen LogP) is -5.81. The molecular formula is C5H6ClN5O4. The third kappa shape index (κ3) is 4.10. The van der Waals surface area contributed by atoms with Crippen LogP contribution >= 0.6 is 0 Å². The number of hydrogen-bond acceptors (Lipinski definition) is 7. The smallest absolute Gasteiger partial charge is 0.222 e. The van der Waals surface area contributed by atoms with Gasteiger partial charge in [-0.2, -0.15) is 0 Å². The Morgan fingerprint density at radius 1 is 1.33 bits per heavy atom. The third-order valence-corrected chi connectivity index (χ3v) is 1.27. The van der Waals surface area contributed by atoms with Gasteiger partial charge in [0, 0.05) is 6.07 Å². The maximum atomic E-state index is 8.49. The number of fused-ring (bicyclic) bond motifs is 1. The first-order chi connectivity index (χ1) is 6.88. The van der Waals surface area contributed by atoms with E-state index >= 15 is 0 Å². The molecule has 2 heterocycles. The minimum Gasteiger partial charge on any atom is -0.222 e. The van der Waals surface area contributed by atoms with Crippen LogP contribution < -0.4 is 23.3 Å². The molecule has 10 heteroatoms. The largest absolute Gasteiger partial charge is 0.406 e. The quantitative estimate of drug-likeness (QED) is 0.414. The minimum absolute atomic E-state index is 0.738. The van der Waals surface area contributed by atoms with Gasteiger partial charge in [-0.05, 0) is 0 Å². The summed E-state index contributed by atoms with van der Waals surface area (Å²) in [4.78, 5) is 4.04. The number of aromatic nitrogens is 5. The van der Waals surface area contributed by atoms with Gasteiger partial charge in [-0.1, -0.05) is 4.52 Å². The molecule has 2 aromatic rings. The average Bonchev–Trinajstić information content (AvgIpc) is 2.46. The van der Waals surface area contributed by atoms with Crippen molar-refractivity contribution in [1.82, 2.24) is 19.9 Å². The van der Waals surface area contributed by atoms with E-state index in [4.69, 9.17) is 18.6 Å². The number of hydrogen-bond donors (Lipinski definition) is 0. The Morgan fingerprint density at radius 3 is 2.47 bits per heavy atom. The van der Waals surface area contributed by atoms with E-state index in [2.05, 4.69) is 15.4 Å². The molecule has 0 saturated carbocycles. The molecule has 0 saturated heterocycles. The lowest BCUT2D eigenvalue weighted by atomic mass is 10.7. The van der Waals surface area contributed by atoms with Gasteiger partial charge in [0.1, 0.15) is 5.21 Å². The lowest BCUT2D eigenvalue weighted by Crippen LogP contribution is -2.68. The lowest BCUT2D eigenvalue weighted by molar-refractivity contribution is -2.00. The molecule has 0 spiro atoms.